The third-order valence-electron chi connectivity index (χ3n) is 5.96. The molecule has 1 heterocycles. The average molecular weight is 386 g/mol. The third-order valence-corrected chi connectivity index (χ3v) is 5.96. The van der Waals surface area contributed by atoms with Crippen LogP contribution in [0.4, 0.5) is 5.69 Å². The number of rotatable bonds is 6. The molecular formula is C22H31N3O3. The summed E-state index contributed by atoms with van der Waals surface area (Å²) in [6.07, 6.45) is 2.00. The normalized spacial score (nSPS) is 18.4. The zero-order valence-corrected chi connectivity index (χ0v) is 17.3. The van der Waals surface area contributed by atoms with Crippen LogP contribution in [0.25, 0.3) is 0 Å². The lowest BCUT2D eigenvalue weighted by molar-refractivity contribution is -0.144. The number of para-hydroxylation sites is 1. The molecule has 1 aromatic rings. The summed E-state index contributed by atoms with van der Waals surface area (Å²) >= 11 is 0. The maximum atomic E-state index is 13.2. The topological polar surface area (TPSA) is 69.7 Å². The van der Waals surface area contributed by atoms with Crippen molar-refractivity contribution >= 4 is 23.9 Å². The van der Waals surface area contributed by atoms with E-state index in [1.54, 1.807) is 9.80 Å². The quantitative estimate of drug-likeness (QED) is 0.605. The molecular weight excluding hydrogens is 354 g/mol. The Hall–Kier alpha value is -2.37. The molecule has 1 aromatic carbocycles. The van der Waals surface area contributed by atoms with Crippen molar-refractivity contribution in [2.45, 2.75) is 52.4 Å². The van der Waals surface area contributed by atoms with Gasteiger partial charge in [0.2, 0.25) is 18.2 Å². The summed E-state index contributed by atoms with van der Waals surface area (Å²) in [6.45, 7) is 10.5. The standard InChI is InChI=1S/C22H31N3O3/c1-15(2)17-6-5-7-18(16(3)4)19(17)23-20(27)22(8-9-22)21(28)25-12-10-24(14-26)11-13-25/h5-7,14-16H,8-13H2,1-4H3,(H,23,27). The van der Waals surface area contributed by atoms with E-state index in [2.05, 4.69) is 33.0 Å². The summed E-state index contributed by atoms with van der Waals surface area (Å²) in [5, 5.41) is 3.13. The molecule has 1 aliphatic heterocycles. The van der Waals surface area contributed by atoms with Gasteiger partial charge in [0.05, 0.1) is 0 Å². The Morgan fingerprint density at radius 2 is 1.54 bits per heavy atom. The zero-order valence-electron chi connectivity index (χ0n) is 17.3. The minimum Gasteiger partial charge on any atom is -0.342 e. The highest BCUT2D eigenvalue weighted by Crippen LogP contribution is 2.49. The van der Waals surface area contributed by atoms with Gasteiger partial charge in [0.25, 0.3) is 0 Å². The predicted molar refractivity (Wildman–Crippen MR) is 109 cm³/mol. The van der Waals surface area contributed by atoms with Crippen molar-refractivity contribution in [3.8, 4) is 0 Å². The van der Waals surface area contributed by atoms with Gasteiger partial charge in [-0.05, 0) is 35.8 Å². The van der Waals surface area contributed by atoms with Crippen molar-refractivity contribution in [3.63, 3.8) is 0 Å². The number of hydrogen-bond donors (Lipinski definition) is 1. The molecule has 2 aliphatic rings. The summed E-state index contributed by atoms with van der Waals surface area (Å²) in [4.78, 5) is 40.6. The molecule has 28 heavy (non-hydrogen) atoms. The molecule has 3 rings (SSSR count). The van der Waals surface area contributed by atoms with Gasteiger partial charge in [-0.3, -0.25) is 14.4 Å². The number of carbonyl (C=O) groups is 3. The summed E-state index contributed by atoms with van der Waals surface area (Å²) in [6, 6.07) is 6.13. The Morgan fingerprint density at radius 3 is 1.96 bits per heavy atom. The molecule has 0 unspecified atom stereocenters. The Bertz CT molecular complexity index is 734. The molecule has 1 aliphatic carbocycles. The lowest BCUT2D eigenvalue weighted by Crippen LogP contribution is -2.52. The van der Waals surface area contributed by atoms with E-state index in [1.807, 2.05) is 18.2 Å². The minimum absolute atomic E-state index is 0.0938. The molecule has 0 atom stereocenters. The Kier molecular flexibility index (Phi) is 5.77. The van der Waals surface area contributed by atoms with E-state index in [0.29, 0.717) is 39.0 Å². The van der Waals surface area contributed by atoms with Crippen LogP contribution in [0.5, 0.6) is 0 Å². The van der Waals surface area contributed by atoms with Crippen LogP contribution in [0.15, 0.2) is 18.2 Å². The van der Waals surface area contributed by atoms with Crippen molar-refractivity contribution in [2.75, 3.05) is 31.5 Å². The number of nitrogens with zero attached hydrogens (tertiary/aromatic N) is 2. The first kappa shape index (κ1) is 20.4. The molecule has 1 saturated heterocycles. The smallest absolute Gasteiger partial charge is 0.240 e. The van der Waals surface area contributed by atoms with Gasteiger partial charge in [0.15, 0.2) is 0 Å². The van der Waals surface area contributed by atoms with Crippen LogP contribution >= 0.6 is 0 Å². The van der Waals surface area contributed by atoms with Crippen LogP contribution in [-0.2, 0) is 14.4 Å². The SMILES string of the molecule is CC(C)c1cccc(C(C)C)c1NC(=O)C1(C(=O)N2CCN(C=O)CC2)CC1. The van der Waals surface area contributed by atoms with Crippen LogP contribution < -0.4 is 5.32 Å². The minimum atomic E-state index is -0.943. The number of hydrogen-bond acceptors (Lipinski definition) is 3. The Labute approximate surface area is 167 Å². The average Bonchev–Trinajstić information content (AvgIpc) is 3.49. The fourth-order valence-corrected chi connectivity index (χ4v) is 3.92. The van der Waals surface area contributed by atoms with Gasteiger partial charge in [-0.15, -0.1) is 0 Å². The summed E-state index contributed by atoms with van der Waals surface area (Å²) in [5.74, 6) is 0.265. The van der Waals surface area contributed by atoms with E-state index in [-0.39, 0.29) is 23.7 Å². The Morgan fingerprint density at radius 1 is 1.00 bits per heavy atom. The molecule has 6 heteroatoms. The third kappa shape index (κ3) is 3.77. The van der Waals surface area contributed by atoms with Crippen molar-refractivity contribution in [1.29, 1.82) is 0 Å². The second kappa shape index (κ2) is 7.94. The van der Waals surface area contributed by atoms with Crippen LogP contribution in [0.3, 0.4) is 0 Å². The fraction of sp³-hybridized carbons (Fsp3) is 0.591. The van der Waals surface area contributed by atoms with Gasteiger partial charge in [0.1, 0.15) is 5.41 Å². The van der Waals surface area contributed by atoms with Gasteiger partial charge in [-0.2, -0.15) is 0 Å². The number of amides is 3. The molecule has 3 amide bonds. The predicted octanol–water partition coefficient (Wildman–Crippen LogP) is 2.95. The van der Waals surface area contributed by atoms with E-state index in [1.165, 1.54) is 0 Å². The molecule has 1 N–H and O–H groups in total. The summed E-state index contributed by atoms with van der Waals surface area (Å²) in [7, 11) is 0. The highest BCUT2D eigenvalue weighted by Gasteiger charge is 2.58. The monoisotopic (exact) mass is 385 g/mol. The highest BCUT2D eigenvalue weighted by molar-refractivity contribution is 6.13. The van der Waals surface area contributed by atoms with Crippen molar-refractivity contribution in [3.05, 3.63) is 29.3 Å². The van der Waals surface area contributed by atoms with Crippen molar-refractivity contribution in [1.82, 2.24) is 9.80 Å². The van der Waals surface area contributed by atoms with Crippen LogP contribution in [-0.4, -0.2) is 54.2 Å². The maximum Gasteiger partial charge on any atom is 0.240 e. The highest BCUT2D eigenvalue weighted by atomic mass is 16.2. The van der Waals surface area contributed by atoms with Gasteiger partial charge >= 0.3 is 0 Å². The summed E-state index contributed by atoms with van der Waals surface area (Å²) in [5.41, 5.74) is 2.12. The van der Waals surface area contributed by atoms with Gasteiger partial charge in [-0.25, -0.2) is 0 Å². The molecule has 0 bridgehead atoms. The van der Waals surface area contributed by atoms with Crippen molar-refractivity contribution in [2.24, 2.45) is 5.41 Å². The molecule has 0 radical (unpaired) electrons. The van der Waals surface area contributed by atoms with E-state index in [4.69, 9.17) is 0 Å². The zero-order chi connectivity index (χ0) is 20.5. The molecule has 0 aromatic heterocycles. The number of nitrogens with one attached hydrogen (secondary N) is 1. The summed E-state index contributed by atoms with van der Waals surface area (Å²) < 4.78 is 0. The molecule has 6 nitrogen and oxygen atoms in total. The van der Waals surface area contributed by atoms with Crippen LogP contribution in [0, 0.1) is 5.41 Å². The molecule has 2 fully saturated rings. The number of piperazine rings is 1. The number of benzene rings is 1. The van der Waals surface area contributed by atoms with Gasteiger partial charge in [0, 0.05) is 31.9 Å². The fourth-order valence-electron chi connectivity index (χ4n) is 3.92. The lowest BCUT2D eigenvalue weighted by Gasteiger charge is -2.34. The van der Waals surface area contributed by atoms with E-state index < -0.39 is 5.41 Å². The molecule has 1 saturated carbocycles. The largest absolute Gasteiger partial charge is 0.342 e. The Balaban J connectivity index is 1.80. The van der Waals surface area contributed by atoms with Crippen LogP contribution in [0.1, 0.15) is 63.5 Å². The maximum absolute atomic E-state index is 13.2. The van der Waals surface area contributed by atoms with Crippen LogP contribution in [0.2, 0.25) is 0 Å². The first-order chi connectivity index (χ1) is 13.3. The van der Waals surface area contributed by atoms with Crippen molar-refractivity contribution < 1.29 is 14.4 Å². The molecule has 152 valence electrons. The van der Waals surface area contributed by atoms with Gasteiger partial charge in [-0.1, -0.05) is 45.9 Å². The van der Waals surface area contributed by atoms with E-state index in [9.17, 15) is 14.4 Å². The molecule has 0 spiro atoms. The first-order valence-corrected chi connectivity index (χ1v) is 10.2. The lowest BCUT2D eigenvalue weighted by atomic mass is 9.92. The first-order valence-electron chi connectivity index (χ1n) is 10.2. The second-order valence-electron chi connectivity index (χ2n) is 8.59. The number of carbonyl (C=O) groups excluding carboxylic acids is 3. The van der Waals surface area contributed by atoms with E-state index in [0.717, 1.165) is 23.2 Å². The second-order valence-corrected chi connectivity index (χ2v) is 8.59. The number of anilines is 1. The van der Waals surface area contributed by atoms with Gasteiger partial charge < -0.3 is 15.1 Å². The van der Waals surface area contributed by atoms with E-state index >= 15 is 0 Å².